The summed E-state index contributed by atoms with van der Waals surface area (Å²) >= 11 is 0. The average Bonchev–Trinajstić information content (AvgIpc) is 3.16. The molecule has 0 aliphatic rings. The van der Waals surface area contributed by atoms with Gasteiger partial charge in [-0.15, -0.1) is 0 Å². The Bertz CT molecular complexity index is 1150. The average molecular weight is 431 g/mol. The Kier molecular flexibility index (Phi) is 6.44. The molecule has 9 nitrogen and oxygen atoms in total. The van der Waals surface area contributed by atoms with Gasteiger partial charge in [-0.1, -0.05) is 0 Å². The first-order valence-electron chi connectivity index (χ1n) is 9.04. The van der Waals surface area contributed by atoms with Crippen molar-refractivity contribution >= 4 is 17.5 Å². The van der Waals surface area contributed by atoms with Crippen molar-refractivity contribution in [3.8, 4) is 6.07 Å². The summed E-state index contributed by atoms with van der Waals surface area (Å²) in [5, 5.41) is 18.3. The van der Waals surface area contributed by atoms with Crippen molar-refractivity contribution in [1.82, 2.24) is 30.2 Å². The highest BCUT2D eigenvalue weighted by atomic mass is 19.4. The second kappa shape index (κ2) is 9.21. The van der Waals surface area contributed by atoms with Gasteiger partial charge in [0.25, 0.3) is 5.91 Å². The number of carbonyl (C=O) groups is 2. The number of nitrogens with zero attached hydrogens (tertiary/aromatic N) is 5. The van der Waals surface area contributed by atoms with Crippen LogP contribution in [-0.2, 0) is 17.9 Å². The lowest BCUT2D eigenvalue weighted by Crippen LogP contribution is -2.24. The third-order valence-corrected chi connectivity index (χ3v) is 4.17. The van der Waals surface area contributed by atoms with Gasteiger partial charge in [0, 0.05) is 25.4 Å². The number of halogens is 3. The van der Waals surface area contributed by atoms with Crippen molar-refractivity contribution in [1.29, 1.82) is 5.26 Å². The standard InChI is InChI=1S/C19H16F3N7O2/c20-19(21,22)3-1-17(30)25-7-12-5-16-28-14(11-29(16)27-8-12)9-26-18(31)15-10-24-4-2-13(15)6-23/h2,4-5,8,10-11H,1,3,7,9H2,(H,25,30)(H,26,31). The van der Waals surface area contributed by atoms with Crippen LogP contribution in [0.15, 0.2) is 36.9 Å². The number of hydrogen-bond donors (Lipinski definition) is 2. The van der Waals surface area contributed by atoms with Crippen LogP contribution < -0.4 is 10.6 Å². The van der Waals surface area contributed by atoms with E-state index in [2.05, 4.69) is 25.7 Å². The lowest BCUT2D eigenvalue weighted by Gasteiger charge is -2.07. The lowest BCUT2D eigenvalue weighted by molar-refractivity contribution is -0.144. The highest BCUT2D eigenvalue weighted by Crippen LogP contribution is 2.21. The molecule has 12 heteroatoms. The van der Waals surface area contributed by atoms with Crippen LogP contribution in [0, 0.1) is 11.3 Å². The van der Waals surface area contributed by atoms with Crippen molar-refractivity contribution in [3.63, 3.8) is 0 Å². The van der Waals surface area contributed by atoms with E-state index in [-0.39, 0.29) is 24.2 Å². The molecule has 31 heavy (non-hydrogen) atoms. The van der Waals surface area contributed by atoms with E-state index in [1.54, 1.807) is 12.3 Å². The molecule has 0 saturated carbocycles. The number of amides is 2. The fraction of sp³-hybridized carbons (Fsp3) is 0.263. The Labute approximate surface area is 173 Å². The van der Waals surface area contributed by atoms with Gasteiger partial charge in [0.2, 0.25) is 5.91 Å². The summed E-state index contributed by atoms with van der Waals surface area (Å²) in [4.78, 5) is 32.0. The molecule has 3 rings (SSSR count). The molecule has 0 saturated heterocycles. The van der Waals surface area contributed by atoms with Gasteiger partial charge in [-0.2, -0.15) is 23.5 Å². The molecule has 3 heterocycles. The quantitative estimate of drug-likeness (QED) is 0.589. The SMILES string of the molecule is N#Cc1ccncc1C(=O)NCc1cn2ncc(CNC(=O)CCC(F)(F)F)cc2n1. The number of fused-ring (bicyclic) bond motifs is 1. The molecule has 0 aliphatic carbocycles. The number of pyridine rings is 1. The maximum atomic E-state index is 12.3. The number of aromatic nitrogens is 4. The number of nitrogens with one attached hydrogen (secondary N) is 2. The normalized spacial score (nSPS) is 11.2. The minimum atomic E-state index is -4.38. The van der Waals surface area contributed by atoms with E-state index in [4.69, 9.17) is 5.26 Å². The molecule has 2 N–H and O–H groups in total. The maximum absolute atomic E-state index is 12.3. The lowest BCUT2D eigenvalue weighted by atomic mass is 10.1. The Balaban J connectivity index is 1.59. The monoisotopic (exact) mass is 431 g/mol. The Morgan fingerprint density at radius 3 is 2.74 bits per heavy atom. The third-order valence-electron chi connectivity index (χ3n) is 4.17. The molecule has 0 aliphatic heterocycles. The molecule has 0 radical (unpaired) electrons. The van der Waals surface area contributed by atoms with Gasteiger partial charge in [0.15, 0.2) is 5.65 Å². The van der Waals surface area contributed by atoms with Gasteiger partial charge in [-0.3, -0.25) is 14.6 Å². The van der Waals surface area contributed by atoms with Crippen LogP contribution in [0.5, 0.6) is 0 Å². The van der Waals surface area contributed by atoms with Gasteiger partial charge in [-0.25, -0.2) is 9.50 Å². The molecule has 160 valence electrons. The second-order valence-corrected chi connectivity index (χ2v) is 6.51. The van der Waals surface area contributed by atoms with Gasteiger partial charge in [-0.05, 0) is 17.7 Å². The zero-order chi connectivity index (χ0) is 22.4. The van der Waals surface area contributed by atoms with Crippen LogP contribution in [0.1, 0.15) is 40.0 Å². The van der Waals surface area contributed by atoms with E-state index in [0.29, 0.717) is 16.9 Å². The molecule has 0 spiro atoms. The third kappa shape index (κ3) is 5.99. The topological polar surface area (TPSA) is 125 Å². The number of carbonyl (C=O) groups excluding carboxylic acids is 2. The first-order valence-corrected chi connectivity index (χ1v) is 9.04. The van der Waals surface area contributed by atoms with Crippen molar-refractivity contribution < 1.29 is 22.8 Å². The van der Waals surface area contributed by atoms with E-state index < -0.39 is 30.8 Å². The second-order valence-electron chi connectivity index (χ2n) is 6.51. The fourth-order valence-electron chi connectivity index (χ4n) is 2.63. The summed E-state index contributed by atoms with van der Waals surface area (Å²) in [6, 6.07) is 4.98. The predicted molar refractivity (Wildman–Crippen MR) is 100 cm³/mol. The van der Waals surface area contributed by atoms with Crippen molar-refractivity contribution in [2.75, 3.05) is 0 Å². The highest BCUT2D eigenvalue weighted by Gasteiger charge is 2.27. The number of rotatable bonds is 7. The van der Waals surface area contributed by atoms with Gasteiger partial charge < -0.3 is 10.6 Å². The van der Waals surface area contributed by atoms with Crippen molar-refractivity contribution in [2.45, 2.75) is 32.1 Å². The molecule has 0 bridgehead atoms. The first kappa shape index (κ1) is 21.7. The van der Waals surface area contributed by atoms with Gasteiger partial charge >= 0.3 is 6.18 Å². The Morgan fingerprint density at radius 2 is 2.00 bits per heavy atom. The van der Waals surface area contributed by atoms with Crippen LogP contribution in [-0.4, -0.2) is 37.6 Å². The van der Waals surface area contributed by atoms with E-state index in [9.17, 15) is 22.8 Å². The summed E-state index contributed by atoms with van der Waals surface area (Å²) in [6.07, 6.45) is -0.441. The van der Waals surface area contributed by atoms with Crippen LogP contribution in [0.3, 0.4) is 0 Å². The van der Waals surface area contributed by atoms with E-state index in [0.717, 1.165) is 0 Å². The van der Waals surface area contributed by atoms with Crippen LogP contribution in [0.2, 0.25) is 0 Å². The van der Waals surface area contributed by atoms with Crippen LogP contribution in [0.4, 0.5) is 13.2 Å². The molecule has 3 aromatic heterocycles. The molecular weight excluding hydrogens is 415 g/mol. The zero-order valence-electron chi connectivity index (χ0n) is 16.0. The van der Waals surface area contributed by atoms with E-state index >= 15 is 0 Å². The summed E-state index contributed by atoms with van der Waals surface area (Å²) in [5.41, 5.74) is 1.84. The van der Waals surface area contributed by atoms with E-state index in [1.165, 1.54) is 29.2 Å². The van der Waals surface area contributed by atoms with Crippen LogP contribution >= 0.6 is 0 Å². The highest BCUT2D eigenvalue weighted by molar-refractivity contribution is 5.96. The Morgan fingerprint density at radius 1 is 1.19 bits per heavy atom. The summed E-state index contributed by atoms with van der Waals surface area (Å²) in [6.45, 7) is 0.0858. The summed E-state index contributed by atoms with van der Waals surface area (Å²) in [7, 11) is 0. The smallest absolute Gasteiger partial charge is 0.352 e. The fourth-order valence-corrected chi connectivity index (χ4v) is 2.63. The molecule has 0 atom stereocenters. The molecule has 0 fully saturated rings. The largest absolute Gasteiger partial charge is 0.389 e. The number of nitriles is 1. The van der Waals surface area contributed by atoms with Crippen molar-refractivity contribution in [2.24, 2.45) is 0 Å². The molecule has 0 unspecified atom stereocenters. The summed E-state index contributed by atoms with van der Waals surface area (Å²) in [5.74, 6) is -1.19. The zero-order valence-corrected chi connectivity index (χ0v) is 16.0. The Hall–Kier alpha value is -4.01. The minimum Gasteiger partial charge on any atom is -0.352 e. The molecular formula is C19H16F3N7O2. The molecule has 3 aromatic rings. The number of hydrogen-bond acceptors (Lipinski definition) is 6. The molecule has 0 aromatic carbocycles. The maximum Gasteiger partial charge on any atom is 0.389 e. The number of imidazole rings is 1. The summed E-state index contributed by atoms with van der Waals surface area (Å²) < 4.78 is 37.9. The van der Waals surface area contributed by atoms with Gasteiger partial charge in [0.05, 0.1) is 42.2 Å². The predicted octanol–water partition coefficient (Wildman–Crippen LogP) is 1.88. The van der Waals surface area contributed by atoms with E-state index in [1.807, 2.05) is 6.07 Å². The van der Waals surface area contributed by atoms with Gasteiger partial charge in [0.1, 0.15) is 6.07 Å². The number of alkyl halides is 3. The molecule has 2 amide bonds. The minimum absolute atomic E-state index is 0.0110. The van der Waals surface area contributed by atoms with Crippen LogP contribution in [0.25, 0.3) is 5.65 Å². The van der Waals surface area contributed by atoms with Crippen molar-refractivity contribution in [3.05, 3.63) is 59.3 Å². The first-order chi connectivity index (χ1) is 14.7.